The summed E-state index contributed by atoms with van der Waals surface area (Å²) in [6.07, 6.45) is 2.79. The van der Waals surface area contributed by atoms with Gasteiger partial charge in [0.2, 0.25) is 0 Å². The molecule has 0 aliphatic rings. The van der Waals surface area contributed by atoms with Crippen molar-refractivity contribution in [3.05, 3.63) is 56.7 Å². The van der Waals surface area contributed by atoms with Crippen molar-refractivity contribution in [2.24, 2.45) is 0 Å². The Morgan fingerprint density at radius 1 is 1.33 bits per heavy atom. The molecule has 0 aromatic carbocycles. The Labute approximate surface area is 105 Å². The first-order chi connectivity index (χ1) is 8.66. The van der Waals surface area contributed by atoms with Crippen LogP contribution >= 0.6 is 11.3 Å². The molecule has 3 aromatic rings. The molecule has 7 heteroatoms. The summed E-state index contributed by atoms with van der Waals surface area (Å²) >= 11 is 1.35. The fourth-order valence-corrected chi connectivity index (χ4v) is 1.92. The van der Waals surface area contributed by atoms with Crippen molar-refractivity contribution < 1.29 is 4.42 Å². The Morgan fingerprint density at radius 2 is 2.17 bits per heavy atom. The third-order valence-corrected chi connectivity index (χ3v) is 2.83. The molecule has 0 atom stereocenters. The summed E-state index contributed by atoms with van der Waals surface area (Å²) in [5.41, 5.74) is 0.321. The van der Waals surface area contributed by atoms with E-state index in [1.807, 2.05) is 11.4 Å². The number of rotatable bonds is 0. The van der Waals surface area contributed by atoms with Crippen LogP contribution in [0.3, 0.4) is 0 Å². The normalized spacial score (nSPS) is 9.83. The minimum Gasteiger partial charge on any atom is -0.408 e. The molecule has 92 valence electrons. The molecular formula is C11H9N3O3S. The highest BCUT2D eigenvalue weighted by Crippen LogP contribution is 2.13. The maximum atomic E-state index is 11.1. The van der Waals surface area contributed by atoms with Crippen molar-refractivity contribution in [1.29, 1.82) is 0 Å². The highest BCUT2D eigenvalue weighted by atomic mass is 32.1. The molecule has 18 heavy (non-hydrogen) atoms. The Bertz CT molecular complexity index is 742. The topological polar surface area (TPSA) is 88.8 Å². The average molecular weight is 263 g/mol. The zero-order valence-electron chi connectivity index (χ0n) is 9.41. The van der Waals surface area contributed by atoms with Crippen LogP contribution in [0.5, 0.6) is 0 Å². The lowest BCUT2D eigenvalue weighted by atomic mass is 10.5. The smallest absolute Gasteiger partial charge is 0.357 e. The second kappa shape index (κ2) is 5.37. The monoisotopic (exact) mass is 263 g/mol. The van der Waals surface area contributed by atoms with Gasteiger partial charge in [0.15, 0.2) is 5.89 Å². The molecule has 0 bridgehead atoms. The molecule has 3 rings (SSSR count). The number of nitrogens with zero attached hydrogens (tertiary/aromatic N) is 2. The van der Waals surface area contributed by atoms with Crippen molar-refractivity contribution in [3.63, 3.8) is 0 Å². The maximum Gasteiger partial charge on any atom is 0.357 e. The Morgan fingerprint density at radius 3 is 2.78 bits per heavy atom. The van der Waals surface area contributed by atoms with Crippen LogP contribution in [0.25, 0.3) is 10.2 Å². The lowest BCUT2D eigenvalue weighted by molar-refractivity contribution is 0.468. The third kappa shape index (κ3) is 2.89. The molecule has 0 saturated heterocycles. The summed E-state index contributed by atoms with van der Waals surface area (Å²) in [7, 11) is 0. The number of thiophene rings is 1. The number of nitrogens with one attached hydrogen (secondary N) is 1. The van der Waals surface area contributed by atoms with Gasteiger partial charge in [-0.05, 0) is 11.4 Å². The number of aromatic nitrogens is 3. The van der Waals surface area contributed by atoms with Gasteiger partial charge in [0.25, 0.3) is 5.56 Å². The zero-order chi connectivity index (χ0) is 13.0. The summed E-state index contributed by atoms with van der Waals surface area (Å²) in [6.45, 7) is 1.67. The quantitative estimate of drug-likeness (QED) is 0.661. The number of hydrogen-bond acceptors (Lipinski definition) is 6. The molecule has 0 fully saturated rings. The van der Waals surface area contributed by atoms with Gasteiger partial charge in [-0.2, -0.15) is 0 Å². The van der Waals surface area contributed by atoms with E-state index < -0.39 is 0 Å². The predicted octanol–water partition coefficient (Wildman–Crippen LogP) is 1.33. The lowest BCUT2D eigenvalue weighted by Crippen LogP contribution is -2.00. The molecule has 0 aliphatic heterocycles. The van der Waals surface area contributed by atoms with Gasteiger partial charge < -0.3 is 9.40 Å². The molecule has 1 N–H and O–H groups in total. The van der Waals surface area contributed by atoms with Crippen LogP contribution in [-0.2, 0) is 0 Å². The van der Waals surface area contributed by atoms with E-state index in [1.54, 1.807) is 6.92 Å². The van der Waals surface area contributed by atoms with Crippen LogP contribution in [0.4, 0.5) is 0 Å². The summed E-state index contributed by atoms with van der Waals surface area (Å²) in [6, 6.07) is 3.17. The minimum atomic E-state index is -0.289. The van der Waals surface area contributed by atoms with Gasteiger partial charge in [0.05, 0.1) is 11.8 Å². The first-order valence-corrected chi connectivity index (χ1v) is 5.88. The predicted molar refractivity (Wildman–Crippen MR) is 67.8 cm³/mol. The largest absolute Gasteiger partial charge is 0.408 e. The van der Waals surface area contributed by atoms with Crippen LogP contribution in [-0.4, -0.2) is 15.0 Å². The maximum absolute atomic E-state index is 11.1. The molecule has 3 heterocycles. The first-order valence-electron chi connectivity index (χ1n) is 5.00. The van der Waals surface area contributed by atoms with Crippen LogP contribution in [0.15, 0.2) is 44.0 Å². The fourth-order valence-electron chi connectivity index (χ4n) is 1.22. The summed E-state index contributed by atoms with van der Waals surface area (Å²) in [5, 5.41) is 1.83. The molecule has 3 aromatic heterocycles. The number of aromatic amines is 1. The second-order valence-electron chi connectivity index (χ2n) is 3.26. The highest BCUT2D eigenvalue weighted by Gasteiger charge is 2.02. The number of aryl methyl sites for hydroxylation is 1. The van der Waals surface area contributed by atoms with Gasteiger partial charge in [-0.15, -0.1) is 11.3 Å². The van der Waals surface area contributed by atoms with Crippen LogP contribution in [0.2, 0.25) is 0 Å². The summed E-state index contributed by atoms with van der Waals surface area (Å²) < 4.78 is 5.39. The first kappa shape index (κ1) is 12.2. The van der Waals surface area contributed by atoms with E-state index in [9.17, 15) is 9.59 Å². The lowest BCUT2D eigenvalue weighted by Gasteiger charge is -1.88. The molecule has 0 radical (unpaired) electrons. The van der Waals surface area contributed by atoms with Gasteiger partial charge in [0.1, 0.15) is 4.70 Å². The van der Waals surface area contributed by atoms with Crippen LogP contribution in [0.1, 0.15) is 5.89 Å². The van der Waals surface area contributed by atoms with E-state index in [0.29, 0.717) is 10.6 Å². The van der Waals surface area contributed by atoms with E-state index in [4.69, 9.17) is 4.42 Å². The Balaban J connectivity index is 0.000000149. The van der Waals surface area contributed by atoms with E-state index >= 15 is 0 Å². The van der Waals surface area contributed by atoms with Crippen molar-refractivity contribution in [2.45, 2.75) is 6.92 Å². The zero-order valence-corrected chi connectivity index (χ0v) is 10.2. The van der Waals surface area contributed by atoms with Gasteiger partial charge in [0, 0.05) is 19.2 Å². The van der Waals surface area contributed by atoms with Crippen molar-refractivity contribution in [2.75, 3.05) is 0 Å². The molecule has 0 aliphatic carbocycles. The number of H-pyrrole nitrogens is 1. The van der Waals surface area contributed by atoms with Gasteiger partial charge in [-0.25, -0.2) is 14.8 Å². The standard InChI is InChI=1S/C7H5NO2S.C4H4N2O/c1-4-8-5-2-3-11-6(5)7(9)10-4;7-4-1-2-5-3-6-4/h2-3H,1H3;1-3H,(H,5,6,7). The molecule has 0 spiro atoms. The van der Waals surface area contributed by atoms with E-state index in [1.165, 1.54) is 29.9 Å². The Hall–Kier alpha value is -2.28. The SMILES string of the molecule is Cc1nc2ccsc2c(=O)o1.O=c1ccnc[nH]1. The van der Waals surface area contributed by atoms with Crippen molar-refractivity contribution >= 4 is 21.6 Å². The van der Waals surface area contributed by atoms with E-state index in [2.05, 4.69) is 15.0 Å². The third-order valence-electron chi connectivity index (χ3n) is 1.94. The second-order valence-corrected chi connectivity index (χ2v) is 4.17. The molecule has 0 unspecified atom stereocenters. The van der Waals surface area contributed by atoms with E-state index in [0.717, 1.165) is 5.52 Å². The van der Waals surface area contributed by atoms with E-state index in [-0.39, 0.29) is 11.2 Å². The minimum absolute atomic E-state index is 0.116. The molecular weight excluding hydrogens is 254 g/mol. The summed E-state index contributed by atoms with van der Waals surface area (Å²) in [4.78, 5) is 31.2. The fraction of sp³-hybridized carbons (Fsp3) is 0.0909. The van der Waals surface area contributed by atoms with Gasteiger partial charge in [-0.3, -0.25) is 4.79 Å². The van der Waals surface area contributed by atoms with Crippen molar-refractivity contribution in [3.8, 4) is 0 Å². The van der Waals surface area contributed by atoms with Crippen LogP contribution in [0, 0.1) is 6.92 Å². The molecule has 6 nitrogen and oxygen atoms in total. The number of fused-ring (bicyclic) bond motifs is 1. The van der Waals surface area contributed by atoms with Crippen molar-refractivity contribution in [1.82, 2.24) is 15.0 Å². The molecule has 0 amide bonds. The van der Waals surface area contributed by atoms with Gasteiger partial charge >= 0.3 is 5.63 Å². The van der Waals surface area contributed by atoms with Gasteiger partial charge in [-0.1, -0.05) is 0 Å². The Kier molecular flexibility index (Phi) is 3.63. The number of hydrogen-bond donors (Lipinski definition) is 1. The molecule has 0 saturated carbocycles. The highest BCUT2D eigenvalue weighted by molar-refractivity contribution is 7.17. The summed E-state index contributed by atoms with van der Waals surface area (Å²) in [5.74, 6) is 0.418. The average Bonchev–Trinajstić information content (AvgIpc) is 2.79. The van der Waals surface area contributed by atoms with Crippen LogP contribution < -0.4 is 11.2 Å².